The molecule has 1 rings (SSSR count). The van der Waals surface area contributed by atoms with E-state index in [1.54, 1.807) is 24.1 Å². The minimum absolute atomic E-state index is 0.0454. The van der Waals surface area contributed by atoms with Gasteiger partial charge in [0.2, 0.25) is 0 Å². The van der Waals surface area contributed by atoms with Gasteiger partial charge in [0.1, 0.15) is 5.75 Å². The third-order valence-electron chi connectivity index (χ3n) is 2.28. The molecule has 0 aliphatic heterocycles. The molecule has 18 heavy (non-hydrogen) atoms. The van der Waals surface area contributed by atoms with Crippen molar-refractivity contribution in [2.24, 2.45) is 0 Å². The molecule has 0 aliphatic carbocycles. The molecule has 0 bridgehead atoms. The fourth-order valence-corrected chi connectivity index (χ4v) is 1.50. The minimum Gasteiger partial charge on any atom is -0.481 e. The molecular formula is C12H15F2NO3. The van der Waals surface area contributed by atoms with Crippen molar-refractivity contribution in [1.29, 1.82) is 0 Å². The molecule has 100 valence electrons. The highest BCUT2D eigenvalue weighted by molar-refractivity contribution is 5.66. The van der Waals surface area contributed by atoms with Crippen LogP contribution in [0.15, 0.2) is 24.3 Å². The number of carboxylic acids is 1. The van der Waals surface area contributed by atoms with E-state index in [0.29, 0.717) is 13.1 Å². The second kappa shape index (κ2) is 6.90. The lowest BCUT2D eigenvalue weighted by molar-refractivity contribution is -0.137. The average molecular weight is 259 g/mol. The molecule has 0 aliphatic rings. The molecule has 0 radical (unpaired) electrons. The van der Waals surface area contributed by atoms with E-state index in [-0.39, 0.29) is 12.2 Å². The normalized spacial score (nSPS) is 10.9. The summed E-state index contributed by atoms with van der Waals surface area (Å²) in [5.41, 5.74) is 0.793. The zero-order chi connectivity index (χ0) is 13.5. The molecule has 0 amide bonds. The van der Waals surface area contributed by atoms with Crippen molar-refractivity contribution in [3.63, 3.8) is 0 Å². The van der Waals surface area contributed by atoms with E-state index in [0.717, 1.165) is 5.56 Å². The van der Waals surface area contributed by atoms with Gasteiger partial charge in [0.05, 0.1) is 6.42 Å². The third-order valence-corrected chi connectivity index (χ3v) is 2.28. The summed E-state index contributed by atoms with van der Waals surface area (Å²) in [7, 11) is 1.77. The summed E-state index contributed by atoms with van der Waals surface area (Å²) in [5, 5.41) is 8.54. The second-order valence-corrected chi connectivity index (χ2v) is 3.91. The third kappa shape index (κ3) is 5.58. The van der Waals surface area contributed by atoms with Crippen LogP contribution in [0.4, 0.5) is 8.78 Å². The largest absolute Gasteiger partial charge is 0.481 e. The number of ether oxygens (including phenoxy) is 1. The van der Waals surface area contributed by atoms with Crippen LogP contribution in [-0.2, 0) is 11.3 Å². The zero-order valence-electron chi connectivity index (χ0n) is 9.97. The Hall–Kier alpha value is -1.69. The molecule has 0 saturated carbocycles. The van der Waals surface area contributed by atoms with Crippen LogP contribution >= 0.6 is 0 Å². The number of benzene rings is 1. The number of carboxylic acid groups (broad SMARTS) is 1. The van der Waals surface area contributed by atoms with E-state index in [4.69, 9.17) is 5.11 Å². The molecule has 4 nitrogen and oxygen atoms in total. The Morgan fingerprint density at radius 3 is 2.83 bits per heavy atom. The van der Waals surface area contributed by atoms with Crippen LogP contribution in [0, 0.1) is 0 Å². The van der Waals surface area contributed by atoms with Crippen LogP contribution in [0.1, 0.15) is 12.0 Å². The lowest BCUT2D eigenvalue weighted by Crippen LogP contribution is -2.21. The van der Waals surface area contributed by atoms with E-state index >= 15 is 0 Å². The van der Waals surface area contributed by atoms with Crippen LogP contribution in [0.3, 0.4) is 0 Å². The van der Waals surface area contributed by atoms with Crippen molar-refractivity contribution in [3.05, 3.63) is 29.8 Å². The highest BCUT2D eigenvalue weighted by Crippen LogP contribution is 2.16. The molecule has 0 saturated heterocycles. The molecule has 1 aromatic rings. The molecule has 0 unspecified atom stereocenters. The zero-order valence-corrected chi connectivity index (χ0v) is 9.97. The van der Waals surface area contributed by atoms with Crippen molar-refractivity contribution >= 4 is 5.97 Å². The van der Waals surface area contributed by atoms with Gasteiger partial charge >= 0.3 is 12.6 Å². The topological polar surface area (TPSA) is 49.8 Å². The number of alkyl halides is 2. The van der Waals surface area contributed by atoms with E-state index in [1.165, 1.54) is 12.1 Å². The molecule has 0 atom stereocenters. The SMILES string of the molecule is CN(CCC(=O)O)Cc1cccc(OC(F)F)c1. The Morgan fingerprint density at radius 2 is 2.22 bits per heavy atom. The predicted molar refractivity (Wildman–Crippen MR) is 61.7 cm³/mol. The smallest absolute Gasteiger partial charge is 0.387 e. The molecule has 0 fully saturated rings. The fraction of sp³-hybridized carbons (Fsp3) is 0.417. The quantitative estimate of drug-likeness (QED) is 0.815. The summed E-state index contributed by atoms with van der Waals surface area (Å²) in [5.74, 6) is -0.759. The standard InChI is InChI=1S/C12H15F2NO3/c1-15(6-5-11(16)17)8-9-3-2-4-10(7-9)18-12(13)14/h2-4,7,12H,5-6,8H2,1H3,(H,16,17). The van der Waals surface area contributed by atoms with Gasteiger partial charge in [-0.3, -0.25) is 4.79 Å². The Balaban J connectivity index is 2.53. The highest BCUT2D eigenvalue weighted by Gasteiger charge is 2.07. The van der Waals surface area contributed by atoms with E-state index in [1.807, 2.05) is 0 Å². The van der Waals surface area contributed by atoms with Crippen molar-refractivity contribution in [1.82, 2.24) is 4.90 Å². The van der Waals surface area contributed by atoms with Gasteiger partial charge in [-0.2, -0.15) is 8.78 Å². The van der Waals surface area contributed by atoms with E-state index < -0.39 is 12.6 Å². The van der Waals surface area contributed by atoms with Crippen LogP contribution in [-0.4, -0.2) is 36.2 Å². The second-order valence-electron chi connectivity index (χ2n) is 3.91. The summed E-state index contributed by atoms with van der Waals surface area (Å²) in [6.45, 7) is -1.96. The minimum atomic E-state index is -2.84. The van der Waals surface area contributed by atoms with Gasteiger partial charge in [-0.05, 0) is 24.7 Å². The van der Waals surface area contributed by atoms with Gasteiger partial charge in [-0.1, -0.05) is 12.1 Å². The summed E-state index contributed by atoms with van der Waals surface area (Å²) in [6, 6.07) is 6.37. The van der Waals surface area contributed by atoms with Crippen LogP contribution in [0.2, 0.25) is 0 Å². The van der Waals surface area contributed by atoms with Gasteiger partial charge in [0.25, 0.3) is 0 Å². The number of hydrogen-bond acceptors (Lipinski definition) is 3. The Bertz CT molecular complexity index is 399. The van der Waals surface area contributed by atoms with Gasteiger partial charge in [0.15, 0.2) is 0 Å². The lowest BCUT2D eigenvalue weighted by Gasteiger charge is -2.16. The average Bonchev–Trinajstić information content (AvgIpc) is 2.26. The lowest BCUT2D eigenvalue weighted by atomic mass is 10.2. The Labute approximate surface area is 104 Å². The predicted octanol–water partition coefficient (Wildman–Crippen LogP) is 2.19. The van der Waals surface area contributed by atoms with Gasteiger partial charge in [-0.25, -0.2) is 0 Å². The molecule has 1 N–H and O–H groups in total. The summed E-state index contributed by atoms with van der Waals surface area (Å²) in [6.07, 6.45) is 0.0454. The van der Waals surface area contributed by atoms with Crippen LogP contribution in [0.5, 0.6) is 5.75 Å². The molecule has 0 aromatic heterocycles. The number of nitrogens with zero attached hydrogens (tertiary/aromatic N) is 1. The van der Waals surface area contributed by atoms with Crippen LogP contribution in [0.25, 0.3) is 0 Å². The van der Waals surface area contributed by atoms with Crippen molar-refractivity contribution in [3.8, 4) is 5.75 Å². The van der Waals surface area contributed by atoms with Crippen molar-refractivity contribution in [2.45, 2.75) is 19.6 Å². The summed E-state index contributed by atoms with van der Waals surface area (Å²) < 4.78 is 28.3. The summed E-state index contributed by atoms with van der Waals surface area (Å²) in [4.78, 5) is 12.2. The fourth-order valence-electron chi connectivity index (χ4n) is 1.50. The number of carbonyl (C=O) groups is 1. The van der Waals surface area contributed by atoms with Gasteiger partial charge in [0, 0.05) is 13.1 Å². The molecule has 1 aromatic carbocycles. The number of halogens is 2. The highest BCUT2D eigenvalue weighted by atomic mass is 19.3. The first-order valence-corrected chi connectivity index (χ1v) is 5.41. The van der Waals surface area contributed by atoms with Crippen molar-refractivity contribution in [2.75, 3.05) is 13.6 Å². The number of hydrogen-bond donors (Lipinski definition) is 1. The van der Waals surface area contributed by atoms with Gasteiger partial charge in [-0.15, -0.1) is 0 Å². The van der Waals surface area contributed by atoms with Gasteiger partial charge < -0.3 is 14.7 Å². The first kappa shape index (κ1) is 14.4. The molecular weight excluding hydrogens is 244 g/mol. The van der Waals surface area contributed by atoms with Crippen LogP contribution < -0.4 is 4.74 Å². The van der Waals surface area contributed by atoms with E-state index in [9.17, 15) is 13.6 Å². The maximum Gasteiger partial charge on any atom is 0.387 e. The molecule has 0 heterocycles. The number of rotatable bonds is 7. The number of aliphatic carboxylic acids is 1. The van der Waals surface area contributed by atoms with E-state index in [2.05, 4.69) is 4.74 Å². The Kier molecular flexibility index (Phi) is 5.51. The first-order valence-electron chi connectivity index (χ1n) is 5.41. The first-order chi connectivity index (χ1) is 8.47. The maximum absolute atomic E-state index is 12.0. The maximum atomic E-state index is 12.0. The Morgan fingerprint density at radius 1 is 1.50 bits per heavy atom. The monoisotopic (exact) mass is 259 g/mol. The molecule has 0 spiro atoms. The summed E-state index contributed by atoms with van der Waals surface area (Å²) >= 11 is 0. The molecule has 6 heteroatoms. The van der Waals surface area contributed by atoms with Crippen molar-refractivity contribution < 1.29 is 23.4 Å².